The predicted octanol–water partition coefficient (Wildman–Crippen LogP) is 1.07. The van der Waals surface area contributed by atoms with Crippen LogP contribution < -0.4 is 10.7 Å². The normalized spacial score (nSPS) is 9.00. The Hall–Kier alpha value is -1.84. The second-order valence-electron chi connectivity index (χ2n) is 2.43. The maximum atomic E-state index is 11.1. The van der Waals surface area contributed by atoms with Crippen molar-refractivity contribution in [1.29, 1.82) is 0 Å². The standard InChI is InChI=1S/C9H11N3O/c1-10-9(13)7-3-5-8(6-4-7)12-11-2/h3-6,12H,2H2,1H3,(H,10,13). The van der Waals surface area contributed by atoms with Gasteiger partial charge in [0.15, 0.2) is 0 Å². The number of carbonyl (C=O) groups is 1. The van der Waals surface area contributed by atoms with Gasteiger partial charge in [0.2, 0.25) is 0 Å². The lowest BCUT2D eigenvalue weighted by atomic mass is 10.2. The molecule has 0 bridgehead atoms. The fourth-order valence-electron chi connectivity index (χ4n) is 0.932. The number of anilines is 1. The van der Waals surface area contributed by atoms with Gasteiger partial charge in [0.25, 0.3) is 5.91 Å². The molecule has 0 heterocycles. The number of benzene rings is 1. The van der Waals surface area contributed by atoms with E-state index in [0.717, 1.165) is 5.69 Å². The highest BCUT2D eigenvalue weighted by Crippen LogP contribution is 2.08. The van der Waals surface area contributed by atoms with E-state index in [1.54, 1.807) is 31.3 Å². The van der Waals surface area contributed by atoms with E-state index in [0.29, 0.717) is 5.56 Å². The molecule has 1 rings (SSSR count). The Balaban J connectivity index is 2.80. The minimum atomic E-state index is -0.0990. The fourth-order valence-corrected chi connectivity index (χ4v) is 0.932. The molecule has 13 heavy (non-hydrogen) atoms. The molecule has 1 aromatic carbocycles. The van der Waals surface area contributed by atoms with E-state index in [1.807, 2.05) is 0 Å². The minimum absolute atomic E-state index is 0.0990. The second kappa shape index (κ2) is 4.25. The molecule has 0 aliphatic carbocycles. The molecule has 4 nitrogen and oxygen atoms in total. The molecule has 0 saturated heterocycles. The van der Waals surface area contributed by atoms with Crippen molar-refractivity contribution >= 4 is 18.3 Å². The number of hydrogen-bond acceptors (Lipinski definition) is 3. The van der Waals surface area contributed by atoms with Crippen LogP contribution in [0.15, 0.2) is 29.4 Å². The van der Waals surface area contributed by atoms with Crippen LogP contribution in [0.2, 0.25) is 0 Å². The average molecular weight is 177 g/mol. The van der Waals surface area contributed by atoms with Crippen LogP contribution in [0.3, 0.4) is 0 Å². The summed E-state index contributed by atoms with van der Waals surface area (Å²) in [6.45, 7) is 3.29. The van der Waals surface area contributed by atoms with Gasteiger partial charge in [-0.1, -0.05) is 0 Å². The fraction of sp³-hybridized carbons (Fsp3) is 0.111. The number of hydrazone groups is 1. The van der Waals surface area contributed by atoms with Gasteiger partial charge in [0.1, 0.15) is 0 Å². The third kappa shape index (κ3) is 2.30. The van der Waals surface area contributed by atoms with Gasteiger partial charge in [-0.2, -0.15) is 5.10 Å². The number of rotatable bonds is 3. The van der Waals surface area contributed by atoms with E-state index >= 15 is 0 Å². The van der Waals surface area contributed by atoms with Crippen molar-refractivity contribution in [2.75, 3.05) is 12.5 Å². The van der Waals surface area contributed by atoms with E-state index in [-0.39, 0.29) is 5.91 Å². The summed E-state index contributed by atoms with van der Waals surface area (Å²) in [5.41, 5.74) is 4.10. The Morgan fingerprint density at radius 1 is 1.38 bits per heavy atom. The van der Waals surface area contributed by atoms with Crippen molar-refractivity contribution in [3.63, 3.8) is 0 Å². The molecule has 68 valence electrons. The van der Waals surface area contributed by atoms with E-state index in [4.69, 9.17) is 0 Å². The highest BCUT2D eigenvalue weighted by atomic mass is 16.1. The van der Waals surface area contributed by atoms with Crippen molar-refractivity contribution < 1.29 is 4.79 Å². The summed E-state index contributed by atoms with van der Waals surface area (Å²) >= 11 is 0. The SMILES string of the molecule is C=NNc1ccc(C(=O)NC)cc1. The van der Waals surface area contributed by atoms with Gasteiger partial charge < -0.3 is 5.32 Å². The van der Waals surface area contributed by atoms with Crippen LogP contribution in [0.5, 0.6) is 0 Å². The van der Waals surface area contributed by atoms with Gasteiger partial charge in [-0.25, -0.2) is 0 Å². The van der Waals surface area contributed by atoms with Gasteiger partial charge in [-0.05, 0) is 24.3 Å². The summed E-state index contributed by atoms with van der Waals surface area (Å²) in [6, 6.07) is 6.96. The van der Waals surface area contributed by atoms with E-state index in [1.165, 1.54) is 0 Å². The first-order valence-electron chi connectivity index (χ1n) is 3.82. The number of hydrogen-bond donors (Lipinski definition) is 2. The number of nitrogens with zero attached hydrogens (tertiary/aromatic N) is 1. The molecule has 0 spiro atoms. The molecule has 2 N–H and O–H groups in total. The first kappa shape index (κ1) is 9.25. The van der Waals surface area contributed by atoms with Crippen molar-refractivity contribution in [2.45, 2.75) is 0 Å². The summed E-state index contributed by atoms with van der Waals surface area (Å²) in [4.78, 5) is 11.1. The van der Waals surface area contributed by atoms with Crippen LogP contribution in [-0.2, 0) is 0 Å². The number of carbonyl (C=O) groups excluding carboxylic acids is 1. The van der Waals surface area contributed by atoms with Crippen LogP contribution in [-0.4, -0.2) is 19.7 Å². The molecule has 0 radical (unpaired) electrons. The second-order valence-corrected chi connectivity index (χ2v) is 2.43. The third-order valence-electron chi connectivity index (χ3n) is 1.58. The van der Waals surface area contributed by atoms with Crippen molar-refractivity contribution in [3.05, 3.63) is 29.8 Å². The molecule has 4 heteroatoms. The molecule has 1 amide bonds. The van der Waals surface area contributed by atoms with E-state index in [9.17, 15) is 4.79 Å². The Morgan fingerprint density at radius 3 is 2.46 bits per heavy atom. The molecule has 0 aliphatic rings. The average Bonchev–Trinajstić information content (AvgIpc) is 2.18. The van der Waals surface area contributed by atoms with Gasteiger partial charge in [0.05, 0.1) is 5.69 Å². The first-order valence-corrected chi connectivity index (χ1v) is 3.82. The first-order chi connectivity index (χ1) is 6.27. The van der Waals surface area contributed by atoms with Crippen LogP contribution in [0, 0.1) is 0 Å². The largest absolute Gasteiger partial charge is 0.355 e. The maximum Gasteiger partial charge on any atom is 0.251 e. The third-order valence-corrected chi connectivity index (χ3v) is 1.58. The summed E-state index contributed by atoms with van der Waals surface area (Å²) in [5.74, 6) is -0.0990. The van der Waals surface area contributed by atoms with Gasteiger partial charge in [-0.15, -0.1) is 0 Å². The van der Waals surface area contributed by atoms with Gasteiger partial charge in [0, 0.05) is 19.3 Å². The van der Waals surface area contributed by atoms with Crippen LogP contribution >= 0.6 is 0 Å². The Labute approximate surface area is 76.7 Å². The smallest absolute Gasteiger partial charge is 0.251 e. The molecule has 0 aromatic heterocycles. The topological polar surface area (TPSA) is 53.5 Å². The van der Waals surface area contributed by atoms with Crippen LogP contribution in [0.25, 0.3) is 0 Å². The molecule has 0 atom stereocenters. The Kier molecular flexibility index (Phi) is 3.03. The summed E-state index contributed by atoms with van der Waals surface area (Å²) in [5, 5.41) is 6.04. The van der Waals surface area contributed by atoms with Crippen molar-refractivity contribution in [2.24, 2.45) is 5.10 Å². The molecule has 0 aliphatic heterocycles. The maximum absolute atomic E-state index is 11.1. The minimum Gasteiger partial charge on any atom is -0.355 e. The van der Waals surface area contributed by atoms with Gasteiger partial charge >= 0.3 is 0 Å². The lowest BCUT2D eigenvalue weighted by Gasteiger charge is -2.01. The highest BCUT2D eigenvalue weighted by Gasteiger charge is 2.00. The molecular weight excluding hydrogens is 166 g/mol. The summed E-state index contributed by atoms with van der Waals surface area (Å²) < 4.78 is 0. The van der Waals surface area contributed by atoms with Crippen molar-refractivity contribution in [1.82, 2.24) is 5.32 Å². The highest BCUT2D eigenvalue weighted by molar-refractivity contribution is 5.94. The number of nitrogens with one attached hydrogen (secondary N) is 2. The lowest BCUT2D eigenvalue weighted by molar-refractivity contribution is 0.0963. The summed E-state index contributed by atoms with van der Waals surface area (Å²) in [7, 11) is 1.60. The van der Waals surface area contributed by atoms with E-state index in [2.05, 4.69) is 22.6 Å². The monoisotopic (exact) mass is 177 g/mol. The summed E-state index contributed by atoms with van der Waals surface area (Å²) in [6.07, 6.45) is 0. The Morgan fingerprint density at radius 2 is 2.00 bits per heavy atom. The lowest BCUT2D eigenvalue weighted by Crippen LogP contribution is -2.17. The molecular formula is C9H11N3O. The van der Waals surface area contributed by atoms with E-state index < -0.39 is 0 Å². The van der Waals surface area contributed by atoms with Gasteiger partial charge in [-0.3, -0.25) is 10.2 Å². The molecule has 0 saturated carbocycles. The zero-order chi connectivity index (χ0) is 9.68. The zero-order valence-corrected chi connectivity index (χ0v) is 7.37. The van der Waals surface area contributed by atoms with Crippen molar-refractivity contribution in [3.8, 4) is 0 Å². The van der Waals surface area contributed by atoms with Crippen LogP contribution in [0.4, 0.5) is 5.69 Å². The molecule has 0 unspecified atom stereocenters. The zero-order valence-electron chi connectivity index (χ0n) is 7.37. The molecule has 0 fully saturated rings. The molecule has 1 aromatic rings. The Bertz CT molecular complexity index is 305. The van der Waals surface area contributed by atoms with Crippen LogP contribution in [0.1, 0.15) is 10.4 Å². The predicted molar refractivity (Wildman–Crippen MR) is 53.0 cm³/mol. The number of amides is 1. The quantitative estimate of drug-likeness (QED) is 0.536.